The van der Waals surface area contributed by atoms with Gasteiger partial charge in [-0.3, -0.25) is 0 Å². The molecule has 0 unspecified atom stereocenters. The maximum absolute atomic E-state index is 14.7. The van der Waals surface area contributed by atoms with Gasteiger partial charge in [-0.15, -0.1) is 0 Å². The van der Waals surface area contributed by atoms with E-state index in [1.807, 2.05) is 24.4 Å². The van der Waals surface area contributed by atoms with Crippen LogP contribution >= 0.6 is 0 Å². The van der Waals surface area contributed by atoms with Crippen molar-refractivity contribution in [2.45, 2.75) is 25.4 Å². The molecule has 0 atom stereocenters. The van der Waals surface area contributed by atoms with E-state index >= 15 is 0 Å². The lowest BCUT2D eigenvalue weighted by molar-refractivity contribution is -0.0498. The monoisotopic (exact) mass is 426 g/mol. The highest BCUT2D eigenvalue weighted by Gasteiger charge is 2.32. The molecule has 158 valence electrons. The average Bonchev–Trinajstić information content (AvgIpc) is 3.52. The van der Waals surface area contributed by atoms with Gasteiger partial charge in [0.25, 0.3) is 0 Å². The van der Waals surface area contributed by atoms with Crippen LogP contribution in [0.1, 0.15) is 24.5 Å². The van der Waals surface area contributed by atoms with Crippen LogP contribution in [0.3, 0.4) is 0 Å². The number of nitrogens with one attached hydrogen (secondary N) is 1. The lowest BCUT2D eigenvalue weighted by atomic mass is 10.1. The molecular formula is C21H17F3N6O. The van der Waals surface area contributed by atoms with Gasteiger partial charge in [-0.05, 0) is 49.2 Å². The molecular weight excluding hydrogens is 409 g/mol. The fourth-order valence-corrected chi connectivity index (χ4v) is 3.40. The molecule has 1 saturated carbocycles. The predicted molar refractivity (Wildman–Crippen MR) is 109 cm³/mol. The minimum absolute atomic E-state index is 0.00987. The first-order valence-corrected chi connectivity index (χ1v) is 9.62. The van der Waals surface area contributed by atoms with E-state index < -0.39 is 12.4 Å². The van der Waals surface area contributed by atoms with E-state index in [9.17, 15) is 13.2 Å². The fraction of sp³-hybridized carbons (Fsp3) is 0.190. The molecule has 7 nitrogen and oxygen atoms in total. The van der Waals surface area contributed by atoms with Crippen LogP contribution in [0.4, 0.5) is 30.5 Å². The van der Waals surface area contributed by atoms with E-state index in [4.69, 9.17) is 5.73 Å². The lowest BCUT2D eigenvalue weighted by Crippen LogP contribution is -2.06. The van der Waals surface area contributed by atoms with Gasteiger partial charge in [0.2, 0.25) is 5.82 Å². The summed E-state index contributed by atoms with van der Waals surface area (Å²) in [7, 11) is 0. The van der Waals surface area contributed by atoms with Crippen LogP contribution in [-0.2, 0) is 0 Å². The summed E-state index contributed by atoms with van der Waals surface area (Å²) in [6.45, 7) is -2.92. The van der Waals surface area contributed by atoms with Crippen molar-refractivity contribution >= 4 is 22.8 Å². The molecule has 1 aliphatic rings. The van der Waals surface area contributed by atoms with Crippen molar-refractivity contribution in [1.82, 2.24) is 19.6 Å². The van der Waals surface area contributed by atoms with Crippen molar-refractivity contribution in [2.75, 3.05) is 11.1 Å². The largest absolute Gasteiger partial charge is 0.435 e. The zero-order valence-corrected chi connectivity index (χ0v) is 16.1. The zero-order valence-electron chi connectivity index (χ0n) is 16.1. The second kappa shape index (κ2) is 7.46. The molecule has 3 N–H and O–H groups in total. The zero-order chi connectivity index (χ0) is 21.5. The Balaban J connectivity index is 1.54. The summed E-state index contributed by atoms with van der Waals surface area (Å²) in [5, 5.41) is 7.49. The topological polar surface area (TPSA) is 90.4 Å². The number of ether oxygens (including phenoxy) is 1. The first kappa shape index (κ1) is 19.2. The van der Waals surface area contributed by atoms with Gasteiger partial charge in [0, 0.05) is 17.8 Å². The normalized spacial score (nSPS) is 13.7. The Labute approximate surface area is 174 Å². The third-order valence-electron chi connectivity index (χ3n) is 4.97. The van der Waals surface area contributed by atoms with E-state index in [1.54, 1.807) is 4.52 Å². The SMILES string of the molecule is Nc1nc(-c2c(C3CC3)nn3ccccc23)nc(Nc2ccc(OC(F)F)cc2)c1F. The average molecular weight is 426 g/mol. The van der Waals surface area contributed by atoms with Crippen molar-refractivity contribution in [1.29, 1.82) is 0 Å². The minimum atomic E-state index is -2.92. The van der Waals surface area contributed by atoms with E-state index in [2.05, 4.69) is 25.1 Å². The first-order valence-electron chi connectivity index (χ1n) is 9.62. The van der Waals surface area contributed by atoms with Crippen LogP contribution in [0.5, 0.6) is 5.75 Å². The third kappa shape index (κ3) is 3.72. The number of pyridine rings is 1. The molecule has 0 saturated heterocycles. The molecule has 31 heavy (non-hydrogen) atoms. The van der Waals surface area contributed by atoms with Crippen LogP contribution in [0.15, 0.2) is 48.7 Å². The van der Waals surface area contributed by atoms with Crippen molar-refractivity contribution < 1.29 is 17.9 Å². The summed E-state index contributed by atoms with van der Waals surface area (Å²) in [4.78, 5) is 8.56. The van der Waals surface area contributed by atoms with Crippen LogP contribution in [-0.4, -0.2) is 26.2 Å². The molecule has 1 aromatic carbocycles. The van der Waals surface area contributed by atoms with E-state index in [1.165, 1.54) is 24.3 Å². The molecule has 1 aliphatic carbocycles. The van der Waals surface area contributed by atoms with E-state index in [0.717, 1.165) is 29.6 Å². The van der Waals surface area contributed by atoms with Crippen molar-refractivity contribution in [3.05, 3.63) is 60.2 Å². The smallest absolute Gasteiger partial charge is 0.387 e. The molecule has 3 aromatic heterocycles. The molecule has 1 fully saturated rings. The maximum atomic E-state index is 14.7. The Morgan fingerprint density at radius 1 is 1.10 bits per heavy atom. The molecule has 0 spiro atoms. The minimum Gasteiger partial charge on any atom is -0.435 e. The molecule has 5 rings (SSSR count). The summed E-state index contributed by atoms with van der Waals surface area (Å²) in [5.74, 6) is -0.666. The second-order valence-electron chi connectivity index (χ2n) is 7.19. The number of hydrogen-bond acceptors (Lipinski definition) is 6. The van der Waals surface area contributed by atoms with Crippen LogP contribution in [0.25, 0.3) is 16.9 Å². The number of hydrogen-bond donors (Lipinski definition) is 2. The number of rotatable bonds is 6. The maximum Gasteiger partial charge on any atom is 0.387 e. The van der Waals surface area contributed by atoms with Crippen molar-refractivity contribution in [2.24, 2.45) is 0 Å². The number of nitrogen functional groups attached to an aromatic ring is 1. The summed E-state index contributed by atoms with van der Waals surface area (Å²) in [6, 6.07) is 11.3. The van der Waals surface area contributed by atoms with Gasteiger partial charge in [-0.25, -0.2) is 14.5 Å². The molecule has 0 radical (unpaired) electrons. The number of nitrogens with two attached hydrogens (primary N) is 1. The molecule has 4 aromatic rings. The summed E-state index contributed by atoms with van der Waals surface area (Å²) in [6.07, 6.45) is 3.87. The van der Waals surface area contributed by atoms with E-state index in [0.29, 0.717) is 11.6 Å². The Bertz CT molecular complexity index is 1250. The number of halogens is 3. The van der Waals surface area contributed by atoms with Crippen LogP contribution in [0, 0.1) is 5.82 Å². The molecule has 3 heterocycles. The number of benzene rings is 1. The van der Waals surface area contributed by atoms with Gasteiger partial charge in [-0.1, -0.05) is 6.07 Å². The molecule has 10 heteroatoms. The van der Waals surface area contributed by atoms with Crippen LogP contribution in [0.2, 0.25) is 0 Å². The molecule has 0 amide bonds. The highest BCUT2D eigenvalue weighted by atomic mass is 19.3. The van der Waals surface area contributed by atoms with Crippen molar-refractivity contribution in [3.63, 3.8) is 0 Å². The number of alkyl halides is 2. The van der Waals surface area contributed by atoms with Gasteiger partial charge < -0.3 is 15.8 Å². The molecule has 0 bridgehead atoms. The number of nitrogens with zero attached hydrogens (tertiary/aromatic N) is 4. The highest BCUT2D eigenvalue weighted by Crippen LogP contribution is 2.44. The summed E-state index contributed by atoms with van der Waals surface area (Å²) < 4.78 is 45.4. The third-order valence-corrected chi connectivity index (χ3v) is 4.97. The number of aromatic nitrogens is 4. The Morgan fingerprint density at radius 2 is 1.87 bits per heavy atom. The fourth-order valence-electron chi connectivity index (χ4n) is 3.40. The van der Waals surface area contributed by atoms with Crippen LogP contribution < -0.4 is 15.8 Å². The predicted octanol–water partition coefficient (Wildman–Crippen LogP) is 4.74. The van der Waals surface area contributed by atoms with Gasteiger partial charge >= 0.3 is 6.61 Å². The Kier molecular flexibility index (Phi) is 4.61. The summed E-state index contributed by atoms with van der Waals surface area (Å²) >= 11 is 0. The Hall–Kier alpha value is -3.82. The highest BCUT2D eigenvalue weighted by molar-refractivity contribution is 5.81. The van der Waals surface area contributed by atoms with Gasteiger partial charge in [0.15, 0.2) is 17.5 Å². The van der Waals surface area contributed by atoms with Gasteiger partial charge in [0.1, 0.15) is 5.75 Å². The standard InChI is InChI=1S/C21H17F3N6O/c22-16-18(25)27-19(15-14-3-1-2-10-30(14)29-17(15)11-4-5-11)28-20(16)26-12-6-8-13(9-7-12)31-21(23)24/h1-3,6-11,21H,4-5H2,(H3,25,26,27,28). The first-order chi connectivity index (χ1) is 15.0. The van der Waals surface area contributed by atoms with Gasteiger partial charge in [0.05, 0.1) is 16.8 Å². The Morgan fingerprint density at radius 3 is 2.58 bits per heavy atom. The van der Waals surface area contributed by atoms with E-state index in [-0.39, 0.29) is 23.2 Å². The number of anilines is 3. The number of fused-ring (bicyclic) bond motifs is 1. The lowest BCUT2D eigenvalue weighted by Gasteiger charge is -2.11. The quantitative estimate of drug-likeness (QED) is 0.463. The molecule has 0 aliphatic heterocycles. The van der Waals surface area contributed by atoms with Gasteiger partial charge in [-0.2, -0.15) is 18.3 Å². The summed E-state index contributed by atoms with van der Waals surface area (Å²) in [5.41, 5.74) is 8.65. The van der Waals surface area contributed by atoms with Crippen molar-refractivity contribution in [3.8, 4) is 17.1 Å². The second-order valence-corrected chi connectivity index (χ2v) is 7.19.